The SMILES string of the molecule is Cl.NC(=O)c1ccc2c(c1)OCC1CNCCN21. The number of piperazine rings is 1. The molecule has 0 radical (unpaired) electrons. The van der Waals surface area contributed by atoms with Crippen LogP contribution in [0.2, 0.25) is 0 Å². The van der Waals surface area contributed by atoms with Crippen LogP contribution in [0.25, 0.3) is 0 Å². The molecule has 0 aliphatic carbocycles. The van der Waals surface area contributed by atoms with Crippen molar-refractivity contribution in [3.63, 3.8) is 0 Å². The fourth-order valence-corrected chi connectivity index (χ4v) is 2.43. The number of ether oxygens (including phenoxy) is 1. The van der Waals surface area contributed by atoms with E-state index in [-0.39, 0.29) is 12.4 Å². The molecule has 0 aromatic heterocycles. The summed E-state index contributed by atoms with van der Waals surface area (Å²) in [5.74, 6) is 0.346. The van der Waals surface area contributed by atoms with E-state index in [1.165, 1.54) is 0 Å². The van der Waals surface area contributed by atoms with E-state index in [4.69, 9.17) is 10.5 Å². The van der Waals surface area contributed by atoms with Crippen molar-refractivity contribution in [2.45, 2.75) is 6.04 Å². The van der Waals surface area contributed by atoms with Gasteiger partial charge in [0.2, 0.25) is 5.91 Å². The van der Waals surface area contributed by atoms with Crippen LogP contribution in [0.4, 0.5) is 5.69 Å². The van der Waals surface area contributed by atoms with E-state index >= 15 is 0 Å². The Morgan fingerprint density at radius 2 is 2.33 bits per heavy atom. The molecule has 1 aromatic carbocycles. The number of primary amides is 1. The molecule has 1 fully saturated rings. The van der Waals surface area contributed by atoms with E-state index in [0.717, 1.165) is 31.1 Å². The third-order valence-electron chi connectivity index (χ3n) is 3.34. The summed E-state index contributed by atoms with van der Waals surface area (Å²) in [6.45, 7) is 3.55. The van der Waals surface area contributed by atoms with Gasteiger partial charge in [0.05, 0.1) is 11.7 Å². The third-order valence-corrected chi connectivity index (χ3v) is 3.34. The molecule has 1 unspecified atom stereocenters. The zero-order valence-electron chi connectivity index (χ0n) is 9.89. The van der Waals surface area contributed by atoms with Crippen LogP contribution in [-0.4, -0.2) is 38.2 Å². The molecule has 1 aromatic rings. The lowest BCUT2D eigenvalue weighted by Crippen LogP contribution is -2.55. The molecule has 2 aliphatic rings. The van der Waals surface area contributed by atoms with Gasteiger partial charge in [-0.15, -0.1) is 12.4 Å². The lowest BCUT2D eigenvalue weighted by Gasteiger charge is -2.41. The largest absolute Gasteiger partial charge is 0.489 e. The second-order valence-electron chi connectivity index (χ2n) is 4.41. The summed E-state index contributed by atoms with van der Waals surface area (Å²) in [7, 11) is 0. The molecule has 6 heteroatoms. The van der Waals surface area contributed by atoms with Crippen molar-refractivity contribution in [1.29, 1.82) is 0 Å². The summed E-state index contributed by atoms with van der Waals surface area (Å²) in [4.78, 5) is 13.4. The third kappa shape index (κ3) is 2.11. The quantitative estimate of drug-likeness (QED) is 0.773. The molecule has 0 spiro atoms. The van der Waals surface area contributed by atoms with E-state index in [9.17, 15) is 4.79 Å². The normalized spacial score (nSPS) is 21.1. The number of hydrogen-bond donors (Lipinski definition) is 2. The van der Waals surface area contributed by atoms with Gasteiger partial charge in [0.1, 0.15) is 12.4 Å². The molecule has 2 heterocycles. The summed E-state index contributed by atoms with van der Waals surface area (Å²) < 4.78 is 5.69. The molecule has 0 bridgehead atoms. The van der Waals surface area contributed by atoms with Gasteiger partial charge < -0.3 is 20.7 Å². The Hall–Kier alpha value is -1.46. The number of amides is 1. The number of carbonyl (C=O) groups is 1. The van der Waals surface area contributed by atoms with E-state index in [2.05, 4.69) is 10.2 Å². The van der Waals surface area contributed by atoms with Crippen LogP contribution in [0.1, 0.15) is 10.4 Å². The average molecular weight is 270 g/mol. The van der Waals surface area contributed by atoms with Crippen LogP contribution >= 0.6 is 12.4 Å². The number of nitrogens with two attached hydrogens (primary N) is 1. The number of nitrogens with one attached hydrogen (secondary N) is 1. The minimum atomic E-state index is -0.418. The van der Waals surface area contributed by atoms with Crippen molar-refractivity contribution in [1.82, 2.24) is 5.32 Å². The number of hydrogen-bond acceptors (Lipinski definition) is 4. The van der Waals surface area contributed by atoms with Crippen molar-refractivity contribution >= 4 is 24.0 Å². The maximum atomic E-state index is 11.1. The highest BCUT2D eigenvalue weighted by atomic mass is 35.5. The Bertz CT molecular complexity index is 467. The van der Waals surface area contributed by atoms with Gasteiger partial charge in [-0.3, -0.25) is 4.79 Å². The average Bonchev–Trinajstić information content (AvgIpc) is 2.38. The first-order valence-electron chi connectivity index (χ1n) is 5.80. The maximum absolute atomic E-state index is 11.1. The summed E-state index contributed by atoms with van der Waals surface area (Å²) in [5.41, 5.74) is 6.82. The number of nitrogens with zero attached hydrogens (tertiary/aromatic N) is 1. The lowest BCUT2D eigenvalue weighted by molar-refractivity contribution is 0.0999. The highest BCUT2D eigenvalue weighted by Crippen LogP contribution is 2.34. The van der Waals surface area contributed by atoms with Crippen molar-refractivity contribution in [3.05, 3.63) is 23.8 Å². The molecular weight excluding hydrogens is 254 g/mol. The second-order valence-corrected chi connectivity index (χ2v) is 4.41. The van der Waals surface area contributed by atoms with Crippen LogP contribution in [0.15, 0.2) is 18.2 Å². The lowest BCUT2D eigenvalue weighted by atomic mass is 10.1. The van der Waals surface area contributed by atoms with Crippen LogP contribution in [-0.2, 0) is 0 Å². The fourth-order valence-electron chi connectivity index (χ4n) is 2.43. The Labute approximate surface area is 112 Å². The number of halogens is 1. The molecule has 0 saturated carbocycles. The zero-order chi connectivity index (χ0) is 11.8. The zero-order valence-corrected chi connectivity index (χ0v) is 10.7. The van der Waals surface area contributed by atoms with Gasteiger partial charge in [0.25, 0.3) is 0 Å². The van der Waals surface area contributed by atoms with E-state index in [1.54, 1.807) is 12.1 Å². The van der Waals surface area contributed by atoms with Gasteiger partial charge in [0.15, 0.2) is 0 Å². The standard InChI is InChI=1S/C12H15N3O2.ClH/c13-12(16)8-1-2-10-11(5-8)17-7-9-6-14-3-4-15(9)10;/h1-2,5,9,14H,3-4,6-7H2,(H2,13,16);1H. The molecule has 3 rings (SSSR count). The van der Waals surface area contributed by atoms with Crippen LogP contribution in [0, 0.1) is 0 Å². The summed E-state index contributed by atoms with van der Waals surface area (Å²) in [6, 6.07) is 5.80. The summed E-state index contributed by atoms with van der Waals surface area (Å²) >= 11 is 0. The molecule has 1 saturated heterocycles. The molecule has 5 nitrogen and oxygen atoms in total. The number of benzene rings is 1. The maximum Gasteiger partial charge on any atom is 0.248 e. The number of rotatable bonds is 1. The minimum absolute atomic E-state index is 0. The van der Waals surface area contributed by atoms with Crippen molar-refractivity contribution in [3.8, 4) is 5.75 Å². The molecular formula is C12H16ClN3O2. The van der Waals surface area contributed by atoms with Gasteiger partial charge in [-0.25, -0.2) is 0 Å². The van der Waals surface area contributed by atoms with Gasteiger partial charge in [-0.05, 0) is 18.2 Å². The Kier molecular flexibility index (Phi) is 3.63. The molecule has 1 amide bonds. The topological polar surface area (TPSA) is 67.6 Å². The molecule has 3 N–H and O–H groups in total. The highest BCUT2D eigenvalue weighted by Gasteiger charge is 2.29. The molecule has 18 heavy (non-hydrogen) atoms. The minimum Gasteiger partial charge on any atom is -0.489 e. The predicted molar refractivity (Wildman–Crippen MR) is 71.7 cm³/mol. The number of carbonyl (C=O) groups excluding carboxylic acids is 1. The van der Waals surface area contributed by atoms with Crippen molar-refractivity contribution in [2.24, 2.45) is 5.73 Å². The van der Waals surface area contributed by atoms with Gasteiger partial charge in [0, 0.05) is 25.2 Å². The van der Waals surface area contributed by atoms with Crippen LogP contribution in [0.5, 0.6) is 5.75 Å². The highest BCUT2D eigenvalue weighted by molar-refractivity contribution is 5.94. The molecule has 98 valence electrons. The summed E-state index contributed by atoms with van der Waals surface area (Å²) in [6.07, 6.45) is 0. The van der Waals surface area contributed by atoms with E-state index in [0.29, 0.717) is 18.2 Å². The Morgan fingerprint density at radius 3 is 3.11 bits per heavy atom. The van der Waals surface area contributed by atoms with Crippen molar-refractivity contribution in [2.75, 3.05) is 31.1 Å². The van der Waals surface area contributed by atoms with Gasteiger partial charge >= 0.3 is 0 Å². The van der Waals surface area contributed by atoms with Gasteiger partial charge in [-0.2, -0.15) is 0 Å². The monoisotopic (exact) mass is 269 g/mol. The first-order valence-corrected chi connectivity index (χ1v) is 5.80. The van der Waals surface area contributed by atoms with E-state index in [1.807, 2.05) is 6.07 Å². The van der Waals surface area contributed by atoms with E-state index < -0.39 is 5.91 Å². The summed E-state index contributed by atoms with van der Waals surface area (Å²) in [5, 5.41) is 3.35. The number of anilines is 1. The first-order chi connectivity index (χ1) is 8.25. The second kappa shape index (κ2) is 5.04. The predicted octanol–water partition coefficient (Wildman–Crippen LogP) is 0.378. The Balaban J connectivity index is 0.00000120. The van der Waals surface area contributed by atoms with Crippen LogP contribution in [0.3, 0.4) is 0 Å². The first kappa shape index (κ1) is 13.0. The van der Waals surface area contributed by atoms with Crippen molar-refractivity contribution < 1.29 is 9.53 Å². The molecule has 2 aliphatic heterocycles. The Morgan fingerprint density at radius 1 is 1.50 bits per heavy atom. The molecule has 1 atom stereocenters. The smallest absolute Gasteiger partial charge is 0.248 e. The fraction of sp³-hybridized carbons (Fsp3) is 0.417. The number of fused-ring (bicyclic) bond motifs is 3. The van der Waals surface area contributed by atoms with Gasteiger partial charge in [-0.1, -0.05) is 0 Å². The van der Waals surface area contributed by atoms with Crippen LogP contribution < -0.4 is 20.7 Å².